The molecular weight excluding hydrogens is 234 g/mol. The van der Waals surface area contributed by atoms with E-state index in [9.17, 15) is 15.0 Å². The van der Waals surface area contributed by atoms with E-state index in [1.807, 2.05) is 0 Å². The van der Waals surface area contributed by atoms with Crippen molar-refractivity contribution in [2.24, 2.45) is 5.92 Å². The van der Waals surface area contributed by atoms with Crippen LogP contribution in [0.1, 0.15) is 34.5 Å². The molecule has 1 saturated carbocycles. The van der Waals surface area contributed by atoms with Crippen molar-refractivity contribution in [3.8, 4) is 0 Å². The second-order valence-electron chi connectivity index (χ2n) is 4.81. The summed E-state index contributed by atoms with van der Waals surface area (Å²) in [6.45, 7) is 4.08. The largest absolute Gasteiger partial charge is 0.478 e. The average Bonchev–Trinajstić information content (AvgIpc) is 2.26. The third-order valence-corrected chi connectivity index (χ3v) is 3.44. The van der Waals surface area contributed by atoms with Crippen LogP contribution in [-0.2, 0) is 0 Å². The van der Waals surface area contributed by atoms with E-state index < -0.39 is 5.97 Å². The minimum atomic E-state index is -0.998. The van der Waals surface area contributed by atoms with Crippen molar-refractivity contribution in [3.63, 3.8) is 0 Å². The van der Waals surface area contributed by atoms with E-state index in [0.29, 0.717) is 29.5 Å². The van der Waals surface area contributed by atoms with Crippen LogP contribution in [-0.4, -0.2) is 39.0 Å². The average molecular weight is 251 g/mol. The van der Waals surface area contributed by atoms with Gasteiger partial charge in [0, 0.05) is 6.54 Å². The van der Waals surface area contributed by atoms with Crippen molar-refractivity contribution in [2.45, 2.75) is 32.8 Å². The lowest BCUT2D eigenvalue weighted by Gasteiger charge is -2.31. The van der Waals surface area contributed by atoms with Gasteiger partial charge in [-0.15, -0.1) is 5.10 Å². The molecule has 0 unspecified atom stereocenters. The first-order valence-electron chi connectivity index (χ1n) is 5.98. The van der Waals surface area contributed by atoms with Crippen LogP contribution in [0.2, 0.25) is 0 Å². The summed E-state index contributed by atoms with van der Waals surface area (Å²) in [6.07, 6.45) is 1.31. The Kier molecular flexibility index (Phi) is 3.47. The molecule has 1 aromatic heterocycles. The van der Waals surface area contributed by atoms with Gasteiger partial charge in [0.25, 0.3) is 0 Å². The van der Waals surface area contributed by atoms with Gasteiger partial charge in [0.1, 0.15) is 5.56 Å². The highest BCUT2D eigenvalue weighted by Crippen LogP contribution is 2.28. The van der Waals surface area contributed by atoms with E-state index in [0.717, 1.165) is 12.8 Å². The lowest BCUT2D eigenvalue weighted by atomic mass is 9.82. The summed E-state index contributed by atoms with van der Waals surface area (Å²) in [5.41, 5.74) is 1.44. The van der Waals surface area contributed by atoms with Crippen LogP contribution in [0, 0.1) is 19.8 Å². The molecule has 0 saturated heterocycles. The molecule has 0 aromatic carbocycles. The molecule has 0 amide bonds. The van der Waals surface area contributed by atoms with Gasteiger partial charge >= 0.3 is 5.97 Å². The van der Waals surface area contributed by atoms with E-state index in [4.69, 9.17) is 0 Å². The molecule has 1 aliphatic carbocycles. The van der Waals surface area contributed by atoms with Crippen LogP contribution in [0.4, 0.5) is 5.82 Å². The third kappa shape index (κ3) is 2.43. The van der Waals surface area contributed by atoms with Gasteiger partial charge in [-0.3, -0.25) is 0 Å². The predicted octanol–water partition coefficient (Wildman–Crippen LogP) is 0.974. The van der Waals surface area contributed by atoms with Crippen LogP contribution in [0.15, 0.2) is 0 Å². The normalized spacial score (nSPS) is 22.4. The molecule has 98 valence electrons. The van der Waals surface area contributed by atoms with Gasteiger partial charge < -0.3 is 15.5 Å². The highest BCUT2D eigenvalue weighted by atomic mass is 16.4. The number of carboxylic acids is 1. The van der Waals surface area contributed by atoms with E-state index >= 15 is 0 Å². The molecule has 0 spiro atoms. The number of aromatic carboxylic acids is 1. The maximum Gasteiger partial charge on any atom is 0.339 e. The van der Waals surface area contributed by atoms with Crippen molar-refractivity contribution in [1.29, 1.82) is 0 Å². The monoisotopic (exact) mass is 251 g/mol. The SMILES string of the molecule is Cc1nnc(NCC2CC(O)C2)c(C(=O)O)c1C. The van der Waals surface area contributed by atoms with Gasteiger partial charge in [-0.1, -0.05) is 0 Å². The Labute approximate surface area is 105 Å². The summed E-state index contributed by atoms with van der Waals surface area (Å²) in [5, 5.41) is 29.2. The summed E-state index contributed by atoms with van der Waals surface area (Å²) >= 11 is 0. The fraction of sp³-hybridized carbons (Fsp3) is 0.583. The van der Waals surface area contributed by atoms with Gasteiger partial charge in [0.2, 0.25) is 0 Å². The molecule has 0 bridgehead atoms. The molecule has 0 atom stereocenters. The zero-order valence-corrected chi connectivity index (χ0v) is 10.5. The smallest absolute Gasteiger partial charge is 0.339 e. The lowest BCUT2D eigenvalue weighted by Crippen LogP contribution is -2.33. The molecule has 1 fully saturated rings. The number of nitrogens with one attached hydrogen (secondary N) is 1. The lowest BCUT2D eigenvalue weighted by molar-refractivity contribution is 0.0485. The number of aliphatic hydroxyl groups is 1. The van der Waals surface area contributed by atoms with Crippen molar-refractivity contribution in [1.82, 2.24) is 10.2 Å². The minimum Gasteiger partial charge on any atom is -0.478 e. The van der Waals surface area contributed by atoms with Crippen LogP contribution >= 0.6 is 0 Å². The molecule has 0 aliphatic heterocycles. The zero-order chi connectivity index (χ0) is 13.3. The van der Waals surface area contributed by atoms with Gasteiger partial charge in [-0.25, -0.2) is 4.79 Å². The van der Waals surface area contributed by atoms with Crippen LogP contribution in [0.3, 0.4) is 0 Å². The predicted molar refractivity (Wildman–Crippen MR) is 65.7 cm³/mol. The van der Waals surface area contributed by atoms with Crippen molar-refractivity contribution in [3.05, 3.63) is 16.8 Å². The number of nitrogens with zero attached hydrogens (tertiary/aromatic N) is 2. The van der Waals surface area contributed by atoms with E-state index in [-0.39, 0.29) is 11.7 Å². The zero-order valence-electron chi connectivity index (χ0n) is 10.5. The first-order valence-corrected chi connectivity index (χ1v) is 5.98. The summed E-state index contributed by atoms with van der Waals surface area (Å²) in [7, 11) is 0. The summed E-state index contributed by atoms with van der Waals surface area (Å²) in [6, 6.07) is 0. The number of carboxylic acid groups (broad SMARTS) is 1. The first-order chi connectivity index (χ1) is 8.49. The Balaban J connectivity index is 2.12. The van der Waals surface area contributed by atoms with Gasteiger partial charge in [0.15, 0.2) is 5.82 Å². The van der Waals surface area contributed by atoms with E-state index in [1.54, 1.807) is 13.8 Å². The summed E-state index contributed by atoms with van der Waals surface area (Å²) in [5.74, 6) is -0.307. The molecule has 0 radical (unpaired) electrons. The summed E-state index contributed by atoms with van der Waals surface area (Å²) < 4.78 is 0. The van der Waals surface area contributed by atoms with Gasteiger partial charge in [-0.05, 0) is 38.2 Å². The van der Waals surface area contributed by atoms with Gasteiger partial charge in [0.05, 0.1) is 11.8 Å². The first kappa shape index (κ1) is 12.8. The molecule has 6 heteroatoms. The third-order valence-electron chi connectivity index (χ3n) is 3.44. The Hall–Kier alpha value is -1.69. The standard InChI is InChI=1S/C12H17N3O3/c1-6-7(2)14-15-11(10(6)12(17)18)13-5-8-3-9(16)4-8/h8-9,16H,3-5H2,1-2H3,(H,13,15)(H,17,18). The minimum absolute atomic E-state index is 0.183. The number of hydrogen-bond acceptors (Lipinski definition) is 5. The maximum atomic E-state index is 11.2. The quantitative estimate of drug-likeness (QED) is 0.738. The van der Waals surface area contributed by atoms with Crippen molar-refractivity contribution in [2.75, 3.05) is 11.9 Å². The Morgan fingerprint density at radius 2 is 2.06 bits per heavy atom. The number of aryl methyl sites for hydroxylation is 1. The second-order valence-corrected chi connectivity index (χ2v) is 4.81. The molecule has 18 heavy (non-hydrogen) atoms. The number of carbonyl (C=O) groups is 1. The topological polar surface area (TPSA) is 95.3 Å². The van der Waals surface area contributed by atoms with Crippen molar-refractivity contribution < 1.29 is 15.0 Å². The van der Waals surface area contributed by atoms with Crippen LogP contribution < -0.4 is 5.32 Å². The van der Waals surface area contributed by atoms with Gasteiger partial charge in [-0.2, -0.15) is 5.10 Å². The number of aromatic nitrogens is 2. The second kappa shape index (κ2) is 4.89. The number of rotatable bonds is 4. The Bertz CT molecular complexity index is 470. The van der Waals surface area contributed by atoms with Crippen LogP contribution in [0.5, 0.6) is 0 Å². The Morgan fingerprint density at radius 3 is 2.61 bits per heavy atom. The Morgan fingerprint density at radius 1 is 1.39 bits per heavy atom. The molecule has 1 heterocycles. The maximum absolute atomic E-state index is 11.2. The molecular formula is C12H17N3O3. The highest BCUT2D eigenvalue weighted by Gasteiger charge is 2.27. The fourth-order valence-corrected chi connectivity index (χ4v) is 2.10. The van der Waals surface area contributed by atoms with Crippen LogP contribution in [0.25, 0.3) is 0 Å². The molecule has 1 aromatic rings. The molecule has 3 N–H and O–H groups in total. The van der Waals surface area contributed by atoms with Crippen molar-refractivity contribution >= 4 is 11.8 Å². The number of hydrogen-bond donors (Lipinski definition) is 3. The summed E-state index contributed by atoms with van der Waals surface area (Å²) in [4.78, 5) is 11.2. The van der Waals surface area contributed by atoms with E-state index in [2.05, 4.69) is 15.5 Å². The number of anilines is 1. The fourth-order valence-electron chi connectivity index (χ4n) is 2.10. The number of aliphatic hydroxyl groups excluding tert-OH is 1. The van der Waals surface area contributed by atoms with E-state index in [1.165, 1.54) is 0 Å². The molecule has 6 nitrogen and oxygen atoms in total. The molecule has 2 rings (SSSR count). The highest BCUT2D eigenvalue weighted by molar-refractivity contribution is 5.94. The molecule has 1 aliphatic rings.